The third-order valence-electron chi connectivity index (χ3n) is 3.65. The molecule has 0 aromatic carbocycles. The number of carbonyl (C=O) groups excluding carboxylic acids is 1. The average molecular weight is 258 g/mol. The Bertz CT molecular complexity index is 263. The molecule has 1 rings (SSSR count). The van der Waals surface area contributed by atoms with E-state index in [0.29, 0.717) is 17.8 Å². The van der Waals surface area contributed by atoms with Crippen LogP contribution in [0.25, 0.3) is 0 Å². The van der Waals surface area contributed by atoms with E-state index in [-0.39, 0.29) is 12.7 Å². The highest BCUT2D eigenvalue weighted by Gasteiger charge is 2.33. The van der Waals surface area contributed by atoms with Gasteiger partial charge in [-0.3, -0.25) is 0 Å². The molecule has 1 aliphatic rings. The zero-order valence-corrected chi connectivity index (χ0v) is 11.9. The van der Waals surface area contributed by atoms with Gasteiger partial charge in [0, 0.05) is 0 Å². The molecule has 0 saturated heterocycles. The Morgan fingerprint density at radius 3 is 2.56 bits per heavy atom. The molecule has 4 nitrogen and oxygen atoms in total. The predicted octanol–water partition coefficient (Wildman–Crippen LogP) is 2.98. The number of hydrogen-bond donors (Lipinski definition) is 1. The van der Waals surface area contributed by atoms with Crippen molar-refractivity contribution in [1.29, 1.82) is 0 Å². The molecule has 0 bridgehead atoms. The molecule has 4 atom stereocenters. The normalized spacial score (nSPS) is 30.0. The van der Waals surface area contributed by atoms with Crippen LogP contribution in [0.15, 0.2) is 0 Å². The summed E-state index contributed by atoms with van der Waals surface area (Å²) in [5, 5.41) is 9.06. The van der Waals surface area contributed by atoms with Crippen molar-refractivity contribution in [3.05, 3.63) is 0 Å². The second-order valence-corrected chi connectivity index (χ2v) is 5.89. The summed E-state index contributed by atoms with van der Waals surface area (Å²) >= 11 is 0. The first-order valence-electron chi connectivity index (χ1n) is 6.91. The van der Waals surface area contributed by atoms with Crippen LogP contribution in [0.1, 0.15) is 47.0 Å². The molecule has 0 aliphatic heterocycles. The van der Waals surface area contributed by atoms with Crippen LogP contribution < -0.4 is 0 Å². The lowest BCUT2D eigenvalue weighted by molar-refractivity contribution is -0.0412. The van der Waals surface area contributed by atoms with E-state index in [4.69, 9.17) is 14.6 Å². The highest BCUT2D eigenvalue weighted by Crippen LogP contribution is 2.35. The molecule has 0 amide bonds. The minimum absolute atomic E-state index is 0.00650. The summed E-state index contributed by atoms with van der Waals surface area (Å²) in [6.07, 6.45) is 1.87. The summed E-state index contributed by atoms with van der Waals surface area (Å²) in [7, 11) is 0. The maximum atomic E-state index is 11.5. The van der Waals surface area contributed by atoms with Crippen LogP contribution in [0.3, 0.4) is 0 Å². The lowest BCUT2D eigenvalue weighted by atomic mass is 9.75. The monoisotopic (exact) mass is 258 g/mol. The molecular weight excluding hydrogens is 232 g/mol. The molecular formula is C14H26O4. The molecule has 0 heterocycles. The lowest BCUT2D eigenvalue weighted by Crippen LogP contribution is -2.36. The van der Waals surface area contributed by atoms with Crippen LogP contribution in [0, 0.1) is 17.8 Å². The number of hydrogen-bond acceptors (Lipinski definition) is 4. The van der Waals surface area contributed by atoms with Gasteiger partial charge in [-0.25, -0.2) is 4.79 Å². The van der Waals surface area contributed by atoms with Gasteiger partial charge in [-0.2, -0.15) is 0 Å². The highest BCUT2D eigenvalue weighted by atomic mass is 16.7. The molecule has 1 fully saturated rings. The number of carbonyl (C=O) groups is 1. The van der Waals surface area contributed by atoms with Crippen molar-refractivity contribution in [2.45, 2.75) is 59.2 Å². The van der Waals surface area contributed by atoms with Gasteiger partial charge in [0.15, 0.2) is 0 Å². The van der Waals surface area contributed by atoms with Crippen molar-refractivity contribution in [3.8, 4) is 0 Å². The fourth-order valence-electron chi connectivity index (χ4n) is 2.60. The number of aliphatic hydroxyl groups excluding tert-OH is 1. The third-order valence-corrected chi connectivity index (χ3v) is 3.65. The summed E-state index contributed by atoms with van der Waals surface area (Å²) < 4.78 is 10.3. The van der Waals surface area contributed by atoms with Crippen LogP contribution in [0.2, 0.25) is 0 Å². The fraction of sp³-hybridized carbons (Fsp3) is 0.929. The van der Waals surface area contributed by atoms with Crippen LogP contribution in [-0.2, 0) is 9.47 Å². The maximum absolute atomic E-state index is 11.5. The Balaban J connectivity index is 2.47. The molecule has 1 N–H and O–H groups in total. The van der Waals surface area contributed by atoms with Gasteiger partial charge in [0.25, 0.3) is 0 Å². The van der Waals surface area contributed by atoms with Crippen LogP contribution >= 0.6 is 0 Å². The lowest BCUT2D eigenvalue weighted by Gasteiger charge is -2.36. The van der Waals surface area contributed by atoms with Gasteiger partial charge >= 0.3 is 6.16 Å². The van der Waals surface area contributed by atoms with Gasteiger partial charge in [-0.05, 0) is 37.5 Å². The van der Waals surface area contributed by atoms with E-state index in [9.17, 15) is 4.79 Å². The molecule has 4 heteroatoms. The van der Waals surface area contributed by atoms with Crippen molar-refractivity contribution >= 4 is 6.16 Å². The van der Waals surface area contributed by atoms with Crippen molar-refractivity contribution in [3.63, 3.8) is 0 Å². The second-order valence-electron chi connectivity index (χ2n) is 5.89. The quantitative estimate of drug-likeness (QED) is 0.788. The minimum Gasteiger partial charge on any atom is -0.432 e. The van der Waals surface area contributed by atoms with Gasteiger partial charge in [0.2, 0.25) is 0 Å². The van der Waals surface area contributed by atoms with E-state index in [1.165, 1.54) is 6.42 Å². The van der Waals surface area contributed by atoms with Crippen molar-refractivity contribution in [2.24, 2.45) is 17.8 Å². The Hall–Kier alpha value is -0.770. The third kappa shape index (κ3) is 4.84. The Morgan fingerprint density at radius 1 is 1.33 bits per heavy atom. The summed E-state index contributed by atoms with van der Waals surface area (Å²) in [6, 6.07) is 0. The second kappa shape index (κ2) is 6.98. The van der Waals surface area contributed by atoms with Gasteiger partial charge in [0.1, 0.15) is 12.7 Å². The Morgan fingerprint density at radius 2 is 2.00 bits per heavy atom. The molecule has 106 valence electrons. The maximum Gasteiger partial charge on any atom is 0.508 e. The van der Waals surface area contributed by atoms with E-state index >= 15 is 0 Å². The molecule has 18 heavy (non-hydrogen) atoms. The summed E-state index contributed by atoms with van der Waals surface area (Å²) in [5.74, 6) is 1.52. The standard InChI is InChI=1S/C14H26O4/c1-9(2)12-6-5-10(3)7-13(12)18-14(16)17-8-11(4)15/h9-13,15H,5-8H2,1-4H3/t10?,11?,12-,13+/m0/s1. The molecule has 1 aliphatic carbocycles. The first-order chi connectivity index (χ1) is 8.40. The zero-order chi connectivity index (χ0) is 13.7. The van der Waals surface area contributed by atoms with Crippen molar-refractivity contribution in [1.82, 2.24) is 0 Å². The molecule has 0 aromatic rings. The Labute approximate surface area is 110 Å². The van der Waals surface area contributed by atoms with E-state index in [1.54, 1.807) is 6.92 Å². The Kier molecular flexibility index (Phi) is 5.93. The van der Waals surface area contributed by atoms with E-state index in [0.717, 1.165) is 12.8 Å². The summed E-state index contributed by atoms with van der Waals surface area (Å²) in [4.78, 5) is 11.5. The zero-order valence-electron chi connectivity index (χ0n) is 11.9. The molecule has 0 aromatic heterocycles. The van der Waals surface area contributed by atoms with Crippen LogP contribution in [0.4, 0.5) is 4.79 Å². The largest absolute Gasteiger partial charge is 0.508 e. The topological polar surface area (TPSA) is 55.8 Å². The number of rotatable bonds is 4. The molecule has 0 spiro atoms. The van der Waals surface area contributed by atoms with Gasteiger partial charge in [-0.1, -0.05) is 27.2 Å². The predicted molar refractivity (Wildman–Crippen MR) is 69.2 cm³/mol. The molecule has 0 radical (unpaired) electrons. The SMILES string of the molecule is CC(O)COC(=O)O[C@@H]1CC(C)CC[C@H]1C(C)C. The summed E-state index contributed by atoms with van der Waals surface area (Å²) in [6.45, 7) is 8.09. The average Bonchev–Trinajstić information content (AvgIpc) is 2.26. The van der Waals surface area contributed by atoms with Gasteiger partial charge in [-0.15, -0.1) is 0 Å². The van der Waals surface area contributed by atoms with Gasteiger partial charge in [0.05, 0.1) is 6.10 Å². The highest BCUT2D eigenvalue weighted by molar-refractivity contribution is 5.60. The number of ether oxygens (including phenoxy) is 2. The molecule has 1 saturated carbocycles. The van der Waals surface area contributed by atoms with Crippen LogP contribution in [-0.4, -0.2) is 30.1 Å². The van der Waals surface area contributed by atoms with E-state index in [1.807, 2.05) is 0 Å². The fourth-order valence-corrected chi connectivity index (χ4v) is 2.60. The first-order valence-corrected chi connectivity index (χ1v) is 6.91. The summed E-state index contributed by atoms with van der Waals surface area (Å²) in [5.41, 5.74) is 0. The van der Waals surface area contributed by atoms with E-state index in [2.05, 4.69) is 20.8 Å². The van der Waals surface area contributed by atoms with Crippen molar-refractivity contribution in [2.75, 3.05) is 6.61 Å². The van der Waals surface area contributed by atoms with Crippen LogP contribution in [0.5, 0.6) is 0 Å². The smallest absolute Gasteiger partial charge is 0.432 e. The minimum atomic E-state index is -0.652. The van der Waals surface area contributed by atoms with E-state index < -0.39 is 12.3 Å². The molecule has 2 unspecified atom stereocenters. The van der Waals surface area contributed by atoms with Gasteiger partial charge < -0.3 is 14.6 Å². The first kappa shape index (κ1) is 15.3. The van der Waals surface area contributed by atoms with Crippen molar-refractivity contribution < 1.29 is 19.4 Å². The number of aliphatic hydroxyl groups is 1.